The topological polar surface area (TPSA) is 51.2 Å². The summed E-state index contributed by atoms with van der Waals surface area (Å²) in [6, 6.07) is 18.5. The summed E-state index contributed by atoms with van der Waals surface area (Å²) in [5, 5.41) is 10.1. The van der Waals surface area contributed by atoms with Crippen molar-refractivity contribution in [3.05, 3.63) is 94.1 Å². The van der Waals surface area contributed by atoms with E-state index >= 15 is 0 Å². The van der Waals surface area contributed by atoms with Crippen LogP contribution in [0.3, 0.4) is 0 Å². The van der Waals surface area contributed by atoms with Gasteiger partial charge in [0.15, 0.2) is 11.5 Å². The minimum atomic E-state index is -0.0623. The molecule has 0 bridgehead atoms. The van der Waals surface area contributed by atoms with Crippen molar-refractivity contribution in [3.63, 3.8) is 0 Å². The summed E-state index contributed by atoms with van der Waals surface area (Å²) in [6.45, 7) is 5.97. The number of aryl methyl sites for hydroxylation is 1. The SMILES string of the molecule is Cc1cc2c(cc1/C=C/C1c3cc(CO)c(OCc4ccccc4)cc3C(C)CN1C)OCO2. The molecule has 0 amide bonds. The fraction of sp³-hybridized carbons (Fsp3) is 0.310. The first kappa shape index (κ1) is 22.5. The van der Waals surface area contributed by atoms with Gasteiger partial charge in [0.2, 0.25) is 6.79 Å². The molecule has 34 heavy (non-hydrogen) atoms. The number of rotatable bonds is 6. The molecular weight excluding hydrogens is 426 g/mol. The van der Waals surface area contributed by atoms with E-state index < -0.39 is 0 Å². The van der Waals surface area contributed by atoms with E-state index in [-0.39, 0.29) is 19.4 Å². The quantitative estimate of drug-likeness (QED) is 0.522. The van der Waals surface area contributed by atoms with Crippen LogP contribution >= 0.6 is 0 Å². The average molecular weight is 458 g/mol. The van der Waals surface area contributed by atoms with E-state index in [1.54, 1.807) is 0 Å². The number of hydrogen-bond donors (Lipinski definition) is 1. The Morgan fingerprint density at radius 3 is 2.59 bits per heavy atom. The van der Waals surface area contributed by atoms with E-state index in [1.165, 1.54) is 11.1 Å². The van der Waals surface area contributed by atoms with Crippen molar-refractivity contribution in [3.8, 4) is 17.2 Å². The number of likely N-dealkylation sites (N-methyl/N-ethyl adjacent to an activating group) is 1. The number of nitrogens with zero attached hydrogens (tertiary/aromatic N) is 1. The molecule has 5 nitrogen and oxygen atoms in total. The van der Waals surface area contributed by atoms with Crippen molar-refractivity contribution < 1.29 is 19.3 Å². The fourth-order valence-corrected chi connectivity index (χ4v) is 4.90. The predicted octanol–water partition coefficient (Wildman–Crippen LogP) is 5.60. The number of fused-ring (bicyclic) bond motifs is 2. The molecule has 0 saturated heterocycles. The summed E-state index contributed by atoms with van der Waals surface area (Å²) in [5.41, 5.74) is 6.67. The average Bonchev–Trinajstić information content (AvgIpc) is 3.29. The van der Waals surface area contributed by atoms with E-state index in [2.05, 4.69) is 50.1 Å². The molecular formula is C29H31NO4. The Morgan fingerprint density at radius 2 is 1.82 bits per heavy atom. The lowest BCUT2D eigenvalue weighted by Crippen LogP contribution is -2.33. The highest BCUT2D eigenvalue weighted by Gasteiger charge is 2.29. The van der Waals surface area contributed by atoms with Crippen LogP contribution in [-0.2, 0) is 13.2 Å². The summed E-state index contributed by atoms with van der Waals surface area (Å²) in [6.07, 6.45) is 4.40. The molecule has 0 fully saturated rings. The number of ether oxygens (including phenoxy) is 3. The summed E-state index contributed by atoms with van der Waals surface area (Å²) in [5.74, 6) is 2.72. The fourth-order valence-electron chi connectivity index (χ4n) is 4.90. The molecule has 2 aliphatic rings. The van der Waals surface area contributed by atoms with Gasteiger partial charge in [0.1, 0.15) is 12.4 Å². The standard InChI is InChI=1S/C29H31NO4/c1-19-11-28-29(34-18-33-28)13-22(19)9-10-26-25-12-23(16-31)27(14-24(25)20(2)15-30(26)3)32-17-21-7-5-4-6-8-21/h4-14,20,26,31H,15-18H2,1-3H3/b10-9+. The Hall–Kier alpha value is -3.28. The molecule has 0 radical (unpaired) electrons. The van der Waals surface area contributed by atoms with Gasteiger partial charge in [0, 0.05) is 12.1 Å². The van der Waals surface area contributed by atoms with E-state index in [1.807, 2.05) is 42.5 Å². The highest BCUT2D eigenvalue weighted by molar-refractivity contribution is 5.62. The lowest BCUT2D eigenvalue weighted by Gasteiger charge is -2.37. The first-order valence-electron chi connectivity index (χ1n) is 11.8. The maximum atomic E-state index is 10.1. The van der Waals surface area contributed by atoms with Gasteiger partial charge >= 0.3 is 0 Å². The van der Waals surface area contributed by atoms with Gasteiger partial charge in [-0.2, -0.15) is 0 Å². The van der Waals surface area contributed by atoms with Crippen LogP contribution in [0.4, 0.5) is 0 Å². The van der Waals surface area contributed by atoms with Crippen LogP contribution in [0.5, 0.6) is 17.2 Å². The molecule has 0 saturated carbocycles. The molecule has 2 aliphatic heterocycles. The van der Waals surface area contributed by atoms with Gasteiger partial charge < -0.3 is 19.3 Å². The highest BCUT2D eigenvalue weighted by Crippen LogP contribution is 2.41. The second-order valence-corrected chi connectivity index (χ2v) is 9.23. The smallest absolute Gasteiger partial charge is 0.231 e. The van der Waals surface area contributed by atoms with Crippen molar-refractivity contribution >= 4 is 6.08 Å². The third-order valence-corrected chi connectivity index (χ3v) is 6.78. The Bertz CT molecular complexity index is 1200. The van der Waals surface area contributed by atoms with Crippen LogP contribution in [0, 0.1) is 6.92 Å². The molecule has 2 heterocycles. The normalized spacial score (nSPS) is 19.4. The summed E-state index contributed by atoms with van der Waals surface area (Å²) >= 11 is 0. The Kier molecular flexibility index (Phi) is 6.31. The van der Waals surface area contributed by atoms with Crippen LogP contribution in [0.25, 0.3) is 6.08 Å². The van der Waals surface area contributed by atoms with E-state index in [4.69, 9.17) is 14.2 Å². The maximum absolute atomic E-state index is 10.1. The molecule has 0 spiro atoms. The minimum absolute atomic E-state index is 0.0623. The van der Waals surface area contributed by atoms with Crippen LogP contribution in [0.15, 0.2) is 60.7 Å². The molecule has 2 atom stereocenters. The molecule has 5 heteroatoms. The zero-order valence-electron chi connectivity index (χ0n) is 20.0. The Morgan fingerprint density at radius 1 is 1.06 bits per heavy atom. The molecule has 3 aromatic carbocycles. The van der Waals surface area contributed by atoms with Gasteiger partial charge in [-0.05, 0) is 72.0 Å². The van der Waals surface area contributed by atoms with E-state index in [9.17, 15) is 5.11 Å². The van der Waals surface area contributed by atoms with Crippen molar-refractivity contribution in [2.75, 3.05) is 20.4 Å². The van der Waals surface area contributed by atoms with Crippen LogP contribution < -0.4 is 14.2 Å². The van der Waals surface area contributed by atoms with Crippen molar-refractivity contribution in [1.29, 1.82) is 0 Å². The van der Waals surface area contributed by atoms with Gasteiger partial charge in [-0.1, -0.05) is 49.4 Å². The number of benzene rings is 3. The van der Waals surface area contributed by atoms with Crippen molar-refractivity contribution in [2.24, 2.45) is 0 Å². The lowest BCUT2D eigenvalue weighted by atomic mass is 9.84. The second kappa shape index (κ2) is 9.53. The number of hydrogen-bond acceptors (Lipinski definition) is 5. The summed E-state index contributed by atoms with van der Waals surface area (Å²) < 4.78 is 17.2. The minimum Gasteiger partial charge on any atom is -0.489 e. The monoisotopic (exact) mass is 457 g/mol. The van der Waals surface area contributed by atoms with Gasteiger partial charge in [0.05, 0.1) is 12.6 Å². The Balaban J connectivity index is 1.45. The Labute approximate surface area is 201 Å². The van der Waals surface area contributed by atoms with E-state index in [0.717, 1.165) is 46.0 Å². The molecule has 0 aromatic heterocycles. The second-order valence-electron chi connectivity index (χ2n) is 9.23. The molecule has 0 aliphatic carbocycles. The maximum Gasteiger partial charge on any atom is 0.231 e. The molecule has 176 valence electrons. The number of aliphatic hydroxyl groups is 1. The van der Waals surface area contributed by atoms with Crippen LogP contribution in [0.2, 0.25) is 0 Å². The van der Waals surface area contributed by atoms with Gasteiger partial charge in [-0.3, -0.25) is 4.90 Å². The zero-order chi connectivity index (χ0) is 23.7. The summed E-state index contributed by atoms with van der Waals surface area (Å²) in [4.78, 5) is 2.36. The van der Waals surface area contributed by atoms with Gasteiger partial charge in [-0.15, -0.1) is 0 Å². The third kappa shape index (κ3) is 4.41. The predicted molar refractivity (Wildman–Crippen MR) is 133 cm³/mol. The largest absolute Gasteiger partial charge is 0.489 e. The lowest BCUT2D eigenvalue weighted by molar-refractivity contribution is 0.174. The highest BCUT2D eigenvalue weighted by atomic mass is 16.7. The van der Waals surface area contributed by atoms with Gasteiger partial charge in [0.25, 0.3) is 0 Å². The zero-order valence-corrected chi connectivity index (χ0v) is 20.0. The van der Waals surface area contributed by atoms with Crippen LogP contribution in [-0.4, -0.2) is 30.4 Å². The van der Waals surface area contributed by atoms with Crippen molar-refractivity contribution in [1.82, 2.24) is 4.90 Å². The van der Waals surface area contributed by atoms with E-state index in [0.29, 0.717) is 12.5 Å². The summed E-state index contributed by atoms with van der Waals surface area (Å²) in [7, 11) is 2.15. The molecule has 2 unspecified atom stereocenters. The van der Waals surface area contributed by atoms with Crippen LogP contribution in [0.1, 0.15) is 52.3 Å². The van der Waals surface area contributed by atoms with Gasteiger partial charge in [-0.25, -0.2) is 0 Å². The first-order valence-corrected chi connectivity index (χ1v) is 11.8. The first-order chi connectivity index (χ1) is 16.5. The third-order valence-electron chi connectivity index (χ3n) is 6.78. The number of aliphatic hydroxyl groups excluding tert-OH is 1. The molecule has 5 rings (SSSR count). The molecule has 1 N–H and O–H groups in total. The molecule has 3 aromatic rings. The van der Waals surface area contributed by atoms with Crippen molar-refractivity contribution in [2.45, 2.75) is 39.0 Å².